The number of aromatic nitrogens is 2. The Balaban J connectivity index is 1.69. The van der Waals surface area contributed by atoms with Gasteiger partial charge in [-0.3, -0.25) is 9.89 Å². The van der Waals surface area contributed by atoms with Gasteiger partial charge in [-0.2, -0.15) is 5.10 Å². The first kappa shape index (κ1) is 13.3. The second-order valence-electron chi connectivity index (χ2n) is 4.61. The first-order valence-corrected chi connectivity index (χ1v) is 6.55. The van der Waals surface area contributed by atoms with Crippen molar-refractivity contribution in [1.82, 2.24) is 15.5 Å². The van der Waals surface area contributed by atoms with Crippen LogP contribution < -0.4 is 5.32 Å². The summed E-state index contributed by atoms with van der Waals surface area (Å²) in [4.78, 5) is 11.7. The van der Waals surface area contributed by atoms with Crippen LogP contribution in [0, 0.1) is 6.92 Å². The maximum atomic E-state index is 11.7. The third-order valence-corrected chi connectivity index (χ3v) is 3.16. The molecule has 2 rings (SSSR count). The molecular formula is C15H19N3O. The molecule has 1 amide bonds. The highest BCUT2D eigenvalue weighted by atomic mass is 16.1. The molecule has 0 aliphatic rings. The van der Waals surface area contributed by atoms with E-state index in [1.165, 1.54) is 11.1 Å². The number of amides is 1. The van der Waals surface area contributed by atoms with Crippen molar-refractivity contribution in [2.45, 2.75) is 26.2 Å². The number of nitrogens with zero attached hydrogens (tertiary/aromatic N) is 1. The molecule has 4 nitrogen and oxygen atoms in total. The second-order valence-corrected chi connectivity index (χ2v) is 4.61. The number of hydrogen-bond acceptors (Lipinski definition) is 2. The van der Waals surface area contributed by atoms with Gasteiger partial charge in [-0.25, -0.2) is 0 Å². The molecule has 0 unspecified atom stereocenters. The van der Waals surface area contributed by atoms with E-state index in [1.54, 1.807) is 6.20 Å². The Bertz CT molecular complexity index is 520. The Morgan fingerprint density at radius 2 is 2.11 bits per heavy atom. The Morgan fingerprint density at radius 3 is 2.84 bits per heavy atom. The Hall–Kier alpha value is -2.10. The number of aryl methyl sites for hydroxylation is 2. The summed E-state index contributed by atoms with van der Waals surface area (Å²) in [7, 11) is 0. The zero-order valence-electron chi connectivity index (χ0n) is 11.1. The lowest BCUT2D eigenvalue weighted by molar-refractivity contribution is -0.121. The molecule has 0 spiro atoms. The summed E-state index contributed by atoms with van der Waals surface area (Å²) in [5.41, 5.74) is 3.53. The van der Waals surface area contributed by atoms with Crippen LogP contribution in [-0.4, -0.2) is 22.6 Å². The number of rotatable bonds is 6. The molecule has 0 radical (unpaired) electrons. The number of carbonyl (C=O) groups is 1. The number of benzene rings is 1. The van der Waals surface area contributed by atoms with E-state index in [4.69, 9.17) is 0 Å². The fraction of sp³-hybridized carbons (Fsp3) is 0.333. The molecule has 4 heteroatoms. The average molecular weight is 257 g/mol. The van der Waals surface area contributed by atoms with Crippen molar-refractivity contribution in [3.63, 3.8) is 0 Å². The number of H-pyrrole nitrogens is 1. The van der Waals surface area contributed by atoms with Crippen LogP contribution in [0.15, 0.2) is 36.5 Å². The van der Waals surface area contributed by atoms with Crippen molar-refractivity contribution in [3.8, 4) is 0 Å². The molecule has 0 saturated heterocycles. The molecule has 0 saturated carbocycles. The number of aromatic amines is 1. The predicted octanol–water partition coefficient (Wildman–Crippen LogP) is 2.01. The minimum atomic E-state index is 0.0998. The Kier molecular flexibility index (Phi) is 4.72. The van der Waals surface area contributed by atoms with Gasteiger partial charge in [0, 0.05) is 31.3 Å². The van der Waals surface area contributed by atoms with E-state index in [9.17, 15) is 4.79 Å². The third-order valence-electron chi connectivity index (χ3n) is 3.16. The first-order valence-electron chi connectivity index (χ1n) is 6.55. The van der Waals surface area contributed by atoms with E-state index >= 15 is 0 Å². The highest BCUT2D eigenvalue weighted by Crippen LogP contribution is 2.09. The predicted molar refractivity (Wildman–Crippen MR) is 74.8 cm³/mol. The van der Waals surface area contributed by atoms with E-state index in [-0.39, 0.29) is 5.91 Å². The van der Waals surface area contributed by atoms with Crippen molar-refractivity contribution >= 4 is 5.91 Å². The summed E-state index contributed by atoms with van der Waals surface area (Å²) in [6.45, 7) is 2.72. The van der Waals surface area contributed by atoms with E-state index in [0.717, 1.165) is 18.5 Å². The van der Waals surface area contributed by atoms with Crippen molar-refractivity contribution < 1.29 is 4.79 Å². The summed E-state index contributed by atoms with van der Waals surface area (Å²) in [5.74, 6) is 0.0998. The van der Waals surface area contributed by atoms with Gasteiger partial charge in [-0.15, -0.1) is 0 Å². The molecule has 1 aromatic heterocycles. The van der Waals surface area contributed by atoms with Gasteiger partial charge in [0.1, 0.15) is 0 Å². The highest BCUT2D eigenvalue weighted by molar-refractivity contribution is 5.76. The number of hydrogen-bond donors (Lipinski definition) is 2. The molecule has 0 aliphatic carbocycles. The van der Waals surface area contributed by atoms with Gasteiger partial charge in [0.2, 0.25) is 5.91 Å². The SMILES string of the molecule is Cc1ccccc1CCC(=O)NCCc1ccn[nH]1. The largest absolute Gasteiger partial charge is 0.356 e. The molecule has 0 bridgehead atoms. The van der Waals surface area contributed by atoms with Crippen LogP contribution in [0.5, 0.6) is 0 Å². The molecule has 1 heterocycles. The molecule has 0 aliphatic heterocycles. The monoisotopic (exact) mass is 257 g/mol. The standard InChI is InChI=1S/C15H19N3O/c1-12-4-2-3-5-13(12)6-7-15(19)16-10-8-14-9-11-17-18-14/h2-5,9,11H,6-8,10H2,1H3,(H,16,19)(H,17,18). The third kappa shape index (κ3) is 4.25. The Morgan fingerprint density at radius 1 is 1.26 bits per heavy atom. The van der Waals surface area contributed by atoms with E-state index in [2.05, 4.69) is 34.6 Å². The van der Waals surface area contributed by atoms with Gasteiger partial charge in [0.15, 0.2) is 0 Å². The Labute approximate surface area is 113 Å². The van der Waals surface area contributed by atoms with Gasteiger partial charge in [-0.1, -0.05) is 24.3 Å². The fourth-order valence-corrected chi connectivity index (χ4v) is 1.99. The average Bonchev–Trinajstić information content (AvgIpc) is 2.91. The van der Waals surface area contributed by atoms with Crippen LogP contribution in [-0.2, 0) is 17.6 Å². The second kappa shape index (κ2) is 6.73. The van der Waals surface area contributed by atoms with Crippen LogP contribution in [0.2, 0.25) is 0 Å². The van der Waals surface area contributed by atoms with Crippen LogP contribution >= 0.6 is 0 Å². The van der Waals surface area contributed by atoms with Gasteiger partial charge in [-0.05, 0) is 30.5 Å². The fourth-order valence-electron chi connectivity index (χ4n) is 1.99. The molecule has 1 aromatic carbocycles. The topological polar surface area (TPSA) is 57.8 Å². The summed E-state index contributed by atoms with van der Waals surface area (Å²) in [5, 5.41) is 9.67. The zero-order chi connectivity index (χ0) is 13.5. The highest BCUT2D eigenvalue weighted by Gasteiger charge is 2.03. The maximum absolute atomic E-state index is 11.7. The maximum Gasteiger partial charge on any atom is 0.220 e. The molecule has 0 fully saturated rings. The van der Waals surface area contributed by atoms with Gasteiger partial charge in [0.05, 0.1) is 0 Å². The summed E-state index contributed by atoms with van der Waals surface area (Å²) in [6, 6.07) is 10.1. The van der Waals surface area contributed by atoms with Crippen LogP contribution in [0.4, 0.5) is 0 Å². The minimum absolute atomic E-state index is 0.0998. The summed E-state index contributed by atoms with van der Waals surface area (Å²) >= 11 is 0. The van der Waals surface area contributed by atoms with Gasteiger partial charge >= 0.3 is 0 Å². The molecular weight excluding hydrogens is 238 g/mol. The zero-order valence-corrected chi connectivity index (χ0v) is 11.1. The van der Waals surface area contributed by atoms with Gasteiger partial charge in [0.25, 0.3) is 0 Å². The number of nitrogens with one attached hydrogen (secondary N) is 2. The smallest absolute Gasteiger partial charge is 0.220 e. The van der Waals surface area contributed by atoms with E-state index in [0.29, 0.717) is 13.0 Å². The first-order chi connectivity index (χ1) is 9.25. The molecule has 19 heavy (non-hydrogen) atoms. The van der Waals surface area contributed by atoms with E-state index < -0.39 is 0 Å². The van der Waals surface area contributed by atoms with E-state index in [1.807, 2.05) is 18.2 Å². The van der Waals surface area contributed by atoms with Crippen molar-refractivity contribution in [3.05, 3.63) is 53.3 Å². The van der Waals surface area contributed by atoms with Crippen molar-refractivity contribution in [1.29, 1.82) is 0 Å². The normalized spacial score (nSPS) is 10.4. The lowest BCUT2D eigenvalue weighted by Gasteiger charge is -2.06. The van der Waals surface area contributed by atoms with Gasteiger partial charge < -0.3 is 5.32 Å². The number of carbonyl (C=O) groups excluding carboxylic acids is 1. The van der Waals surface area contributed by atoms with Crippen molar-refractivity contribution in [2.24, 2.45) is 0 Å². The summed E-state index contributed by atoms with van der Waals surface area (Å²) < 4.78 is 0. The lowest BCUT2D eigenvalue weighted by atomic mass is 10.0. The molecule has 100 valence electrons. The quantitative estimate of drug-likeness (QED) is 0.831. The van der Waals surface area contributed by atoms with Crippen molar-refractivity contribution in [2.75, 3.05) is 6.54 Å². The lowest BCUT2D eigenvalue weighted by Crippen LogP contribution is -2.26. The molecule has 0 atom stereocenters. The molecule has 2 aromatic rings. The summed E-state index contributed by atoms with van der Waals surface area (Å²) in [6.07, 6.45) is 3.84. The van der Waals surface area contributed by atoms with Crippen LogP contribution in [0.3, 0.4) is 0 Å². The minimum Gasteiger partial charge on any atom is -0.356 e. The molecule has 2 N–H and O–H groups in total. The van der Waals surface area contributed by atoms with Crippen LogP contribution in [0.1, 0.15) is 23.2 Å². The van der Waals surface area contributed by atoms with Crippen LogP contribution in [0.25, 0.3) is 0 Å².